The second-order valence-corrected chi connectivity index (χ2v) is 7.43. The van der Waals surface area contributed by atoms with Crippen LogP contribution in [0.25, 0.3) is 0 Å². The van der Waals surface area contributed by atoms with Gasteiger partial charge < -0.3 is 0 Å². The first kappa shape index (κ1) is 16.0. The van der Waals surface area contributed by atoms with Crippen molar-refractivity contribution in [3.05, 3.63) is 57.3 Å². The maximum Gasteiger partial charge on any atom is 0.262 e. The van der Waals surface area contributed by atoms with Gasteiger partial charge in [-0.2, -0.15) is 0 Å². The standard InChI is InChI=1S/C15H15BrFNO2S/c1-9-4-5-14(13(16)6-9)18-21(19,20)15-10(2)7-12(17)8-11(15)3/h4-8,18H,1-3H3. The van der Waals surface area contributed by atoms with E-state index in [0.29, 0.717) is 21.3 Å². The van der Waals surface area contributed by atoms with Crippen molar-refractivity contribution in [2.45, 2.75) is 25.7 Å². The Labute approximate surface area is 132 Å². The molecule has 0 saturated heterocycles. The smallest absolute Gasteiger partial charge is 0.262 e. The highest BCUT2D eigenvalue weighted by Gasteiger charge is 2.21. The van der Waals surface area contributed by atoms with E-state index in [9.17, 15) is 12.8 Å². The molecule has 0 aliphatic heterocycles. The van der Waals surface area contributed by atoms with Crippen molar-refractivity contribution in [3.8, 4) is 0 Å². The second-order valence-electron chi connectivity index (χ2n) is 4.96. The predicted octanol–water partition coefficient (Wildman–Crippen LogP) is 4.31. The molecule has 0 atom stereocenters. The summed E-state index contributed by atoms with van der Waals surface area (Å²) in [5, 5.41) is 0. The van der Waals surface area contributed by atoms with E-state index in [1.807, 2.05) is 19.1 Å². The normalized spacial score (nSPS) is 11.5. The first-order valence-electron chi connectivity index (χ1n) is 6.26. The highest BCUT2D eigenvalue weighted by Crippen LogP contribution is 2.28. The second kappa shape index (κ2) is 5.77. The molecule has 1 N–H and O–H groups in total. The lowest BCUT2D eigenvalue weighted by molar-refractivity contribution is 0.597. The summed E-state index contributed by atoms with van der Waals surface area (Å²) in [4.78, 5) is 0.108. The maximum absolute atomic E-state index is 13.3. The molecule has 0 amide bonds. The average Bonchev–Trinajstić information content (AvgIpc) is 2.30. The van der Waals surface area contributed by atoms with E-state index >= 15 is 0 Å². The fraction of sp³-hybridized carbons (Fsp3) is 0.200. The van der Waals surface area contributed by atoms with E-state index in [0.717, 1.165) is 5.56 Å². The third kappa shape index (κ3) is 3.44. The molecule has 0 unspecified atom stereocenters. The molecule has 0 aliphatic carbocycles. The van der Waals surface area contributed by atoms with E-state index in [2.05, 4.69) is 20.7 Å². The summed E-state index contributed by atoms with van der Waals surface area (Å²) in [6.45, 7) is 5.07. The number of sulfonamides is 1. The molecule has 0 spiro atoms. The van der Waals surface area contributed by atoms with Crippen LogP contribution in [0.3, 0.4) is 0 Å². The Morgan fingerprint density at radius 2 is 1.62 bits per heavy atom. The summed E-state index contributed by atoms with van der Waals surface area (Å²) in [5.41, 5.74) is 2.22. The Morgan fingerprint density at radius 3 is 2.14 bits per heavy atom. The molecule has 2 aromatic carbocycles. The van der Waals surface area contributed by atoms with Crippen LogP contribution in [-0.4, -0.2) is 8.42 Å². The summed E-state index contributed by atoms with van der Waals surface area (Å²) >= 11 is 3.33. The zero-order valence-corrected chi connectivity index (χ0v) is 14.3. The summed E-state index contributed by atoms with van der Waals surface area (Å²) in [6, 6.07) is 7.75. The minimum absolute atomic E-state index is 0.108. The molecular weight excluding hydrogens is 357 g/mol. The highest BCUT2D eigenvalue weighted by atomic mass is 79.9. The van der Waals surface area contributed by atoms with Crippen LogP contribution in [0.2, 0.25) is 0 Å². The minimum Gasteiger partial charge on any atom is -0.278 e. The van der Waals surface area contributed by atoms with Crippen LogP contribution in [0.4, 0.5) is 10.1 Å². The van der Waals surface area contributed by atoms with E-state index in [1.54, 1.807) is 19.9 Å². The number of hydrogen-bond acceptors (Lipinski definition) is 2. The Bertz CT molecular complexity index is 780. The van der Waals surface area contributed by atoms with Crippen molar-refractivity contribution in [2.75, 3.05) is 4.72 Å². The molecule has 21 heavy (non-hydrogen) atoms. The number of benzene rings is 2. The van der Waals surface area contributed by atoms with Gasteiger partial charge in [-0.1, -0.05) is 6.07 Å². The van der Waals surface area contributed by atoms with Crippen LogP contribution in [0.15, 0.2) is 39.7 Å². The third-order valence-corrected chi connectivity index (χ3v) is 5.39. The first-order valence-corrected chi connectivity index (χ1v) is 8.54. The molecule has 0 fully saturated rings. The molecule has 0 saturated carbocycles. The molecule has 6 heteroatoms. The van der Waals surface area contributed by atoms with E-state index in [-0.39, 0.29) is 4.90 Å². The van der Waals surface area contributed by atoms with Crippen LogP contribution < -0.4 is 4.72 Å². The SMILES string of the molecule is Cc1ccc(NS(=O)(=O)c2c(C)cc(F)cc2C)c(Br)c1. The van der Waals surface area contributed by atoms with Gasteiger partial charge in [-0.3, -0.25) is 4.72 Å². The minimum atomic E-state index is -3.77. The topological polar surface area (TPSA) is 46.2 Å². The van der Waals surface area contributed by atoms with Crippen molar-refractivity contribution in [1.29, 1.82) is 0 Å². The lowest BCUT2D eigenvalue weighted by Gasteiger charge is -2.14. The molecule has 0 heterocycles. The molecule has 3 nitrogen and oxygen atoms in total. The van der Waals surface area contributed by atoms with Gasteiger partial charge in [0.2, 0.25) is 0 Å². The Hall–Kier alpha value is -1.40. The molecule has 2 aromatic rings. The van der Waals surface area contributed by atoms with Crippen LogP contribution in [-0.2, 0) is 10.0 Å². The average molecular weight is 372 g/mol. The number of aryl methyl sites for hydroxylation is 3. The van der Waals surface area contributed by atoms with Crippen molar-refractivity contribution in [1.82, 2.24) is 0 Å². The number of anilines is 1. The molecular formula is C15H15BrFNO2S. The molecule has 0 aromatic heterocycles. The lowest BCUT2D eigenvalue weighted by atomic mass is 10.1. The quantitative estimate of drug-likeness (QED) is 0.873. The molecule has 0 aliphatic rings. The van der Waals surface area contributed by atoms with Crippen LogP contribution in [0.1, 0.15) is 16.7 Å². The molecule has 0 bridgehead atoms. The Balaban J connectivity index is 2.48. The fourth-order valence-electron chi connectivity index (χ4n) is 2.22. The van der Waals surface area contributed by atoms with E-state index in [1.165, 1.54) is 12.1 Å². The van der Waals surface area contributed by atoms with Crippen molar-refractivity contribution in [2.24, 2.45) is 0 Å². The van der Waals surface area contributed by atoms with Gasteiger partial charge in [-0.25, -0.2) is 12.8 Å². The zero-order chi connectivity index (χ0) is 15.8. The molecule has 0 radical (unpaired) electrons. The van der Waals surface area contributed by atoms with Crippen molar-refractivity contribution < 1.29 is 12.8 Å². The van der Waals surface area contributed by atoms with Gasteiger partial charge in [-0.05, 0) is 77.7 Å². The van der Waals surface area contributed by atoms with Crippen molar-refractivity contribution in [3.63, 3.8) is 0 Å². The van der Waals surface area contributed by atoms with Gasteiger partial charge in [0.25, 0.3) is 10.0 Å². The number of hydrogen-bond donors (Lipinski definition) is 1. The monoisotopic (exact) mass is 371 g/mol. The van der Waals surface area contributed by atoms with Crippen LogP contribution in [0, 0.1) is 26.6 Å². The summed E-state index contributed by atoms with van der Waals surface area (Å²) in [6.07, 6.45) is 0. The van der Waals surface area contributed by atoms with Crippen LogP contribution >= 0.6 is 15.9 Å². The first-order chi connectivity index (χ1) is 9.70. The summed E-state index contributed by atoms with van der Waals surface area (Å²) < 4.78 is 41.6. The van der Waals surface area contributed by atoms with Gasteiger partial charge in [0.15, 0.2) is 0 Å². The van der Waals surface area contributed by atoms with Gasteiger partial charge in [0, 0.05) is 4.47 Å². The van der Waals surface area contributed by atoms with Gasteiger partial charge in [0.05, 0.1) is 10.6 Å². The van der Waals surface area contributed by atoms with Crippen molar-refractivity contribution >= 4 is 31.6 Å². The van der Waals surface area contributed by atoms with E-state index in [4.69, 9.17) is 0 Å². The number of halogens is 2. The number of nitrogens with one attached hydrogen (secondary N) is 1. The largest absolute Gasteiger partial charge is 0.278 e. The Kier molecular flexibility index (Phi) is 4.39. The third-order valence-electron chi connectivity index (χ3n) is 3.06. The molecule has 2 rings (SSSR count). The Morgan fingerprint density at radius 1 is 1.05 bits per heavy atom. The maximum atomic E-state index is 13.3. The van der Waals surface area contributed by atoms with Gasteiger partial charge >= 0.3 is 0 Å². The predicted molar refractivity (Wildman–Crippen MR) is 85.6 cm³/mol. The van der Waals surface area contributed by atoms with Crippen LogP contribution in [0.5, 0.6) is 0 Å². The van der Waals surface area contributed by atoms with Gasteiger partial charge in [-0.15, -0.1) is 0 Å². The van der Waals surface area contributed by atoms with E-state index < -0.39 is 15.8 Å². The lowest BCUT2D eigenvalue weighted by Crippen LogP contribution is -2.16. The highest BCUT2D eigenvalue weighted by molar-refractivity contribution is 9.10. The summed E-state index contributed by atoms with van der Waals surface area (Å²) in [5.74, 6) is -0.444. The summed E-state index contributed by atoms with van der Waals surface area (Å²) in [7, 11) is -3.77. The van der Waals surface area contributed by atoms with Gasteiger partial charge in [0.1, 0.15) is 5.82 Å². The fourth-order valence-corrected chi connectivity index (χ4v) is 4.48. The number of rotatable bonds is 3. The molecule has 112 valence electrons. The zero-order valence-electron chi connectivity index (χ0n) is 11.9.